The maximum absolute atomic E-state index is 12.7. The van der Waals surface area contributed by atoms with Crippen molar-refractivity contribution in [3.8, 4) is 11.1 Å². The molecule has 3 aromatic carbocycles. The van der Waals surface area contributed by atoms with Crippen LogP contribution in [-0.4, -0.2) is 32.2 Å². The van der Waals surface area contributed by atoms with Crippen LogP contribution in [0.4, 0.5) is 17.1 Å². The summed E-state index contributed by atoms with van der Waals surface area (Å²) in [4.78, 5) is 15.0. The number of carbonyl (C=O) groups is 1. The average Bonchev–Trinajstić information content (AvgIpc) is 3.25. The van der Waals surface area contributed by atoms with Gasteiger partial charge in [-0.05, 0) is 53.9 Å². The first-order chi connectivity index (χ1) is 14.1. The van der Waals surface area contributed by atoms with E-state index >= 15 is 0 Å². The Kier molecular flexibility index (Phi) is 5.49. The molecule has 0 aliphatic carbocycles. The van der Waals surface area contributed by atoms with E-state index in [1.54, 1.807) is 7.11 Å². The van der Waals surface area contributed by atoms with Crippen molar-refractivity contribution in [2.75, 3.05) is 36.1 Å². The lowest BCUT2D eigenvalue weighted by molar-refractivity contribution is 0.102. The Morgan fingerprint density at radius 1 is 1.03 bits per heavy atom. The zero-order chi connectivity index (χ0) is 20.2. The smallest absolute Gasteiger partial charge is 0.255 e. The van der Waals surface area contributed by atoms with E-state index in [4.69, 9.17) is 10.5 Å². The highest BCUT2D eigenvalue weighted by molar-refractivity contribution is 6.06. The number of rotatable bonds is 5. The van der Waals surface area contributed by atoms with Crippen LogP contribution in [-0.2, 0) is 4.74 Å². The minimum absolute atomic E-state index is 0.176. The fraction of sp³-hybridized carbons (Fsp3) is 0.208. The van der Waals surface area contributed by atoms with Crippen molar-refractivity contribution >= 4 is 23.0 Å². The van der Waals surface area contributed by atoms with Crippen LogP contribution < -0.4 is 16.0 Å². The Labute approximate surface area is 171 Å². The molecule has 1 heterocycles. The van der Waals surface area contributed by atoms with Gasteiger partial charge in [-0.25, -0.2) is 0 Å². The molecule has 0 bridgehead atoms. The second kappa shape index (κ2) is 8.37. The maximum atomic E-state index is 12.7. The van der Waals surface area contributed by atoms with Crippen molar-refractivity contribution in [2.24, 2.45) is 0 Å². The molecule has 0 radical (unpaired) electrons. The minimum atomic E-state index is -0.176. The lowest BCUT2D eigenvalue weighted by Crippen LogP contribution is -2.22. The van der Waals surface area contributed by atoms with E-state index in [0.29, 0.717) is 16.9 Å². The molecular formula is C24H25N3O2. The van der Waals surface area contributed by atoms with E-state index in [1.165, 1.54) is 0 Å². The van der Waals surface area contributed by atoms with Gasteiger partial charge in [0.25, 0.3) is 5.91 Å². The number of nitrogens with two attached hydrogens (primary N) is 1. The molecule has 1 aliphatic heterocycles. The summed E-state index contributed by atoms with van der Waals surface area (Å²) < 4.78 is 5.43. The molecule has 0 aromatic heterocycles. The largest absolute Gasteiger partial charge is 0.397 e. The number of nitrogen functional groups attached to an aromatic ring is 1. The summed E-state index contributed by atoms with van der Waals surface area (Å²) in [6.45, 7) is 1.84. The molecule has 1 amide bonds. The first-order valence-corrected chi connectivity index (χ1v) is 9.78. The highest BCUT2D eigenvalue weighted by Gasteiger charge is 2.22. The number of benzene rings is 3. The van der Waals surface area contributed by atoms with E-state index in [2.05, 4.69) is 10.2 Å². The van der Waals surface area contributed by atoms with Crippen LogP contribution in [0.2, 0.25) is 0 Å². The minimum Gasteiger partial charge on any atom is -0.397 e. The SMILES string of the molecule is COC1CCN(c2ccc(C(=O)Nc3cc(-c4ccccc4)ccc3N)cc2)C1. The molecule has 148 valence electrons. The molecule has 1 atom stereocenters. The summed E-state index contributed by atoms with van der Waals surface area (Å²) in [5.41, 5.74) is 11.0. The maximum Gasteiger partial charge on any atom is 0.255 e. The van der Waals surface area contributed by atoms with Crippen LogP contribution in [0.25, 0.3) is 11.1 Å². The normalized spacial score (nSPS) is 16.0. The predicted molar refractivity (Wildman–Crippen MR) is 118 cm³/mol. The zero-order valence-electron chi connectivity index (χ0n) is 16.5. The predicted octanol–water partition coefficient (Wildman–Crippen LogP) is 4.41. The van der Waals surface area contributed by atoms with Crippen LogP contribution in [0.3, 0.4) is 0 Å². The molecule has 1 unspecified atom stereocenters. The van der Waals surface area contributed by atoms with Gasteiger partial charge >= 0.3 is 0 Å². The van der Waals surface area contributed by atoms with Gasteiger partial charge in [-0.2, -0.15) is 0 Å². The Morgan fingerprint density at radius 3 is 2.48 bits per heavy atom. The molecule has 3 N–H and O–H groups in total. The van der Waals surface area contributed by atoms with Gasteiger partial charge in [0.15, 0.2) is 0 Å². The summed E-state index contributed by atoms with van der Waals surface area (Å²) in [7, 11) is 1.75. The van der Waals surface area contributed by atoms with Crippen LogP contribution in [0, 0.1) is 0 Å². The van der Waals surface area contributed by atoms with Gasteiger partial charge in [0.2, 0.25) is 0 Å². The first kappa shape index (κ1) is 19.0. The monoisotopic (exact) mass is 387 g/mol. The van der Waals surface area contributed by atoms with Crippen molar-refractivity contribution in [3.63, 3.8) is 0 Å². The second-order valence-electron chi connectivity index (χ2n) is 7.26. The van der Waals surface area contributed by atoms with E-state index < -0.39 is 0 Å². The number of amides is 1. The van der Waals surface area contributed by atoms with Gasteiger partial charge in [0.1, 0.15) is 0 Å². The molecule has 1 aliphatic rings. The molecule has 1 fully saturated rings. The third kappa shape index (κ3) is 4.25. The summed E-state index contributed by atoms with van der Waals surface area (Å²) >= 11 is 0. The number of methoxy groups -OCH3 is 1. The Hall–Kier alpha value is -3.31. The molecule has 5 nitrogen and oxygen atoms in total. The summed E-state index contributed by atoms with van der Waals surface area (Å²) in [6, 6.07) is 23.4. The topological polar surface area (TPSA) is 67.6 Å². The molecule has 4 rings (SSSR count). The van der Waals surface area contributed by atoms with Crippen molar-refractivity contribution in [2.45, 2.75) is 12.5 Å². The standard InChI is InChI=1S/C24H25N3O2/c1-29-21-13-14-27(16-21)20-10-7-18(8-11-20)24(28)26-23-15-19(9-12-22(23)25)17-5-3-2-4-6-17/h2-12,15,21H,13-14,16,25H2,1H3,(H,26,28). The third-order valence-corrected chi connectivity index (χ3v) is 5.38. The molecule has 29 heavy (non-hydrogen) atoms. The summed E-state index contributed by atoms with van der Waals surface area (Å²) in [6.07, 6.45) is 1.30. The summed E-state index contributed by atoms with van der Waals surface area (Å²) in [5, 5.41) is 2.94. The summed E-state index contributed by atoms with van der Waals surface area (Å²) in [5.74, 6) is -0.176. The fourth-order valence-electron chi connectivity index (χ4n) is 3.65. The highest BCUT2D eigenvalue weighted by Crippen LogP contribution is 2.28. The molecule has 5 heteroatoms. The second-order valence-corrected chi connectivity index (χ2v) is 7.26. The van der Waals surface area contributed by atoms with Gasteiger partial charge in [0, 0.05) is 31.5 Å². The Morgan fingerprint density at radius 2 is 1.79 bits per heavy atom. The van der Waals surface area contributed by atoms with Gasteiger partial charge in [-0.3, -0.25) is 4.79 Å². The number of hydrogen-bond donors (Lipinski definition) is 2. The Bertz CT molecular complexity index is 987. The lowest BCUT2D eigenvalue weighted by Gasteiger charge is -2.18. The van der Waals surface area contributed by atoms with Crippen LogP contribution >= 0.6 is 0 Å². The number of carbonyl (C=O) groups excluding carboxylic acids is 1. The molecule has 1 saturated heterocycles. The quantitative estimate of drug-likeness (QED) is 0.636. The number of anilines is 3. The van der Waals surface area contributed by atoms with Crippen LogP contribution in [0.1, 0.15) is 16.8 Å². The fourth-order valence-corrected chi connectivity index (χ4v) is 3.65. The molecular weight excluding hydrogens is 362 g/mol. The lowest BCUT2D eigenvalue weighted by atomic mass is 10.0. The van der Waals surface area contributed by atoms with E-state index in [-0.39, 0.29) is 12.0 Å². The van der Waals surface area contributed by atoms with Crippen LogP contribution in [0.5, 0.6) is 0 Å². The zero-order valence-corrected chi connectivity index (χ0v) is 16.5. The van der Waals surface area contributed by atoms with Gasteiger partial charge in [0.05, 0.1) is 17.5 Å². The van der Waals surface area contributed by atoms with Crippen molar-refractivity contribution in [1.29, 1.82) is 0 Å². The van der Waals surface area contributed by atoms with Crippen LogP contribution in [0.15, 0.2) is 72.8 Å². The highest BCUT2D eigenvalue weighted by atomic mass is 16.5. The molecule has 0 spiro atoms. The number of hydrogen-bond acceptors (Lipinski definition) is 4. The van der Waals surface area contributed by atoms with Gasteiger partial charge < -0.3 is 20.7 Å². The van der Waals surface area contributed by atoms with E-state index in [9.17, 15) is 4.79 Å². The van der Waals surface area contributed by atoms with E-state index in [0.717, 1.165) is 36.3 Å². The molecule has 0 saturated carbocycles. The van der Waals surface area contributed by atoms with Gasteiger partial charge in [-0.1, -0.05) is 36.4 Å². The third-order valence-electron chi connectivity index (χ3n) is 5.38. The number of nitrogens with one attached hydrogen (secondary N) is 1. The van der Waals surface area contributed by atoms with Crippen molar-refractivity contribution < 1.29 is 9.53 Å². The molecule has 3 aromatic rings. The van der Waals surface area contributed by atoms with Gasteiger partial charge in [-0.15, -0.1) is 0 Å². The first-order valence-electron chi connectivity index (χ1n) is 9.78. The van der Waals surface area contributed by atoms with Crippen molar-refractivity contribution in [1.82, 2.24) is 0 Å². The Balaban J connectivity index is 1.48. The number of ether oxygens (including phenoxy) is 1. The van der Waals surface area contributed by atoms with E-state index in [1.807, 2.05) is 72.8 Å². The number of nitrogens with zero attached hydrogens (tertiary/aromatic N) is 1. The van der Waals surface area contributed by atoms with Crippen molar-refractivity contribution in [3.05, 3.63) is 78.4 Å². The average molecular weight is 387 g/mol.